The van der Waals surface area contributed by atoms with Crippen LogP contribution < -0.4 is 5.32 Å². The van der Waals surface area contributed by atoms with E-state index in [4.69, 9.17) is 0 Å². The maximum absolute atomic E-state index is 12.1. The van der Waals surface area contributed by atoms with Crippen molar-refractivity contribution < 1.29 is 4.79 Å². The molecular formula is C18H20N2OS. The number of nitrogens with one attached hydrogen (secondary N) is 1. The zero-order valence-corrected chi connectivity index (χ0v) is 13.3. The highest BCUT2D eigenvalue weighted by Crippen LogP contribution is 2.34. The Morgan fingerprint density at radius 2 is 2.09 bits per heavy atom. The number of aryl methyl sites for hydroxylation is 1. The van der Waals surface area contributed by atoms with Crippen LogP contribution in [0.4, 0.5) is 0 Å². The smallest absolute Gasteiger partial charge is 0.220 e. The minimum Gasteiger partial charge on any atom is -0.355 e. The SMILES string of the molecule is O=C(C[C@H]1CCc2ccccc21)NCCSc1ccccn1. The normalized spacial score (nSPS) is 16.3. The minimum absolute atomic E-state index is 0.156. The highest BCUT2D eigenvalue weighted by Gasteiger charge is 2.23. The molecule has 0 aliphatic heterocycles. The molecule has 0 saturated heterocycles. The Morgan fingerprint density at radius 3 is 2.95 bits per heavy atom. The first-order valence-corrected chi connectivity index (χ1v) is 8.70. The molecule has 3 nitrogen and oxygen atoms in total. The zero-order chi connectivity index (χ0) is 15.2. The van der Waals surface area contributed by atoms with Crippen LogP contribution in [0.15, 0.2) is 53.7 Å². The average molecular weight is 312 g/mol. The fraction of sp³-hybridized carbons (Fsp3) is 0.333. The lowest BCUT2D eigenvalue weighted by atomic mass is 9.97. The molecule has 0 fully saturated rings. The van der Waals surface area contributed by atoms with Crippen molar-refractivity contribution in [2.45, 2.75) is 30.2 Å². The number of hydrogen-bond donors (Lipinski definition) is 1. The van der Waals surface area contributed by atoms with Crippen molar-refractivity contribution >= 4 is 17.7 Å². The molecule has 1 aliphatic rings. The third kappa shape index (κ3) is 3.89. The van der Waals surface area contributed by atoms with Gasteiger partial charge in [0.15, 0.2) is 0 Å². The molecule has 114 valence electrons. The van der Waals surface area contributed by atoms with Crippen LogP contribution in [0.1, 0.15) is 29.9 Å². The Balaban J connectivity index is 1.40. The van der Waals surface area contributed by atoms with Gasteiger partial charge in [0, 0.05) is 24.9 Å². The topological polar surface area (TPSA) is 42.0 Å². The van der Waals surface area contributed by atoms with E-state index in [0.717, 1.165) is 23.6 Å². The number of hydrogen-bond acceptors (Lipinski definition) is 3. The number of thioether (sulfide) groups is 1. The third-order valence-electron chi connectivity index (χ3n) is 4.00. The van der Waals surface area contributed by atoms with E-state index in [1.54, 1.807) is 18.0 Å². The fourth-order valence-electron chi connectivity index (χ4n) is 2.93. The largest absolute Gasteiger partial charge is 0.355 e. The maximum atomic E-state index is 12.1. The molecule has 0 saturated carbocycles. The van der Waals surface area contributed by atoms with E-state index >= 15 is 0 Å². The summed E-state index contributed by atoms with van der Waals surface area (Å²) in [6.45, 7) is 0.689. The summed E-state index contributed by atoms with van der Waals surface area (Å²) in [6, 6.07) is 14.4. The number of fused-ring (bicyclic) bond motifs is 1. The number of nitrogens with zero attached hydrogens (tertiary/aromatic N) is 1. The van der Waals surface area contributed by atoms with Gasteiger partial charge in [-0.2, -0.15) is 0 Å². The molecule has 1 amide bonds. The van der Waals surface area contributed by atoms with Crippen molar-refractivity contribution in [2.24, 2.45) is 0 Å². The Kier molecular flexibility index (Phi) is 5.11. The molecule has 3 rings (SSSR count). The van der Waals surface area contributed by atoms with E-state index < -0.39 is 0 Å². The highest BCUT2D eigenvalue weighted by atomic mass is 32.2. The number of amides is 1. The predicted molar refractivity (Wildman–Crippen MR) is 90.1 cm³/mol. The van der Waals surface area contributed by atoms with Crippen LogP contribution in [-0.2, 0) is 11.2 Å². The number of carbonyl (C=O) groups is 1. The van der Waals surface area contributed by atoms with Crippen molar-refractivity contribution in [1.29, 1.82) is 0 Å². The van der Waals surface area contributed by atoms with Gasteiger partial charge in [0.1, 0.15) is 0 Å². The molecule has 0 spiro atoms. The monoisotopic (exact) mass is 312 g/mol. The van der Waals surface area contributed by atoms with Gasteiger partial charge >= 0.3 is 0 Å². The van der Waals surface area contributed by atoms with Gasteiger partial charge < -0.3 is 5.32 Å². The summed E-state index contributed by atoms with van der Waals surface area (Å²) in [5, 5.41) is 4.02. The molecule has 1 atom stereocenters. The van der Waals surface area contributed by atoms with Crippen LogP contribution in [0.3, 0.4) is 0 Å². The summed E-state index contributed by atoms with van der Waals surface area (Å²) in [6.07, 6.45) is 4.59. The fourth-order valence-corrected chi connectivity index (χ4v) is 3.66. The Bertz CT molecular complexity index is 630. The van der Waals surface area contributed by atoms with Crippen LogP contribution in [0.2, 0.25) is 0 Å². The van der Waals surface area contributed by atoms with E-state index in [1.165, 1.54) is 11.1 Å². The number of pyridine rings is 1. The van der Waals surface area contributed by atoms with Crippen molar-refractivity contribution in [1.82, 2.24) is 10.3 Å². The Hall–Kier alpha value is -1.81. The third-order valence-corrected chi connectivity index (χ3v) is 4.95. The van der Waals surface area contributed by atoms with Crippen LogP contribution >= 0.6 is 11.8 Å². The second-order valence-corrected chi connectivity index (χ2v) is 6.62. The summed E-state index contributed by atoms with van der Waals surface area (Å²) in [4.78, 5) is 16.3. The molecule has 1 heterocycles. The van der Waals surface area contributed by atoms with Gasteiger partial charge in [-0.05, 0) is 42.0 Å². The zero-order valence-electron chi connectivity index (χ0n) is 12.5. The van der Waals surface area contributed by atoms with Crippen LogP contribution in [-0.4, -0.2) is 23.2 Å². The van der Waals surface area contributed by atoms with Gasteiger partial charge in [-0.3, -0.25) is 4.79 Å². The van der Waals surface area contributed by atoms with Crippen molar-refractivity contribution in [3.63, 3.8) is 0 Å². The molecule has 22 heavy (non-hydrogen) atoms. The van der Waals surface area contributed by atoms with Crippen LogP contribution in [0.5, 0.6) is 0 Å². The molecule has 0 unspecified atom stereocenters. The summed E-state index contributed by atoms with van der Waals surface area (Å²) in [5.41, 5.74) is 2.77. The second-order valence-electron chi connectivity index (χ2n) is 5.50. The number of benzene rings is 1. The first-order chi connectivity index (χ1) is 10.8. The number of carbonyl (C=O) groups excluding carboxylic acids is 1. The van der Waals surface area contributed by atoms with Gasteiger partial charge in [0.2, 0.25) is 5.91 Å². The van der Waals surface area contributed by atoms with Gasteiger partial charge in [-0.15, -0.1) is 11.8 Å². The molecule has 1 aromatic carbocycles. The van der Waals surface area contributed by atoms with E-state index in [-0.39, 0.29) is 5.91 Å². The van der Waals surface area contributed by atoms with Crippen molar-refractivity contribution in [2.75, 3.05) is 12.3 Å². The average Bonchev–Trinajstić information content (AvgIpc) is 2.96. The lowest BCUT2D eigenvalue weighted by Crippen LogP contribution is -2.26. The number of aromatic nitrogens is 1. The van der Waals surface area contributed by atoms with Gasteiger partial charge in [-0.1, -0.05) is 30.3 Å². The highest BCUT2D eigenvalue weighted by molar-refractivity contribution is 7.99. The standard InChI is InChI=1S/C18H20N2OS/c21-17(19-11-12-22-18-7-3-4-10-20-18)13-15-9-8-14-5-1-2-6-16(14)15/h1-7,10,15H,8-9,11-13H2,(H,19,21)/t15-/m1/s1. The molecule has 0 radical (unpaired) electrons. The van der Waals surface area contributed by atoms with Gasteiger partial charge in [-0.25, -0.2) is 4.98 Å². The van der Waals surface area contributed by atoms with Crippen LogP contribution in [0, 0.1) is 0 Å². The number of rotatable bonds is 6. The van der Waals surface area contributed by atoms with Crippen molar-refractivity contribution in [3.05, 3.63) is 59.8 Å². The molecule has 4 heteroatoms. The first-order valence-electron chi connectivity index (χ1n) is 7.71. The second kappa shape index (κ2) is 7.45. The van der Waals surface area contributed by atoms with Crippen LogP contribution in [0.25, 0.3) is 0 Å². The minimum atomic E-state index is 0.156. The van der Waals surface area contributed by atoms with Gasteiger partial charge in [0.05, 0.1) is 5.03 Å². The molecule has 2 aromatic rings. The summed E-state index contributed by atoms with van der Waals surface area (Å²) in [7, 11) is 0. The molecule has 1 N–H and O–H groups in total. The quantitative estimate of drug-likeness (QED) is 0.656. The Labute approximate surface area is 135 Å². The Morgan fingerprint density at radius 1 is 1.23 bits per heavy atom. The first kappa shape index (κ1) is 15.1. The van der Waals surface area contributed by atoms with Crippen molar-refractivity contribution in [3.8, 4) is 0 Å². The summed E-state index contributed by atoms with van der Waals surface area (Å²) >= 11 is 1.67. The van der Waals surface area contributed by atoms with E-state index in [9.17, 15) is 4.79 Å². The summed E-state index contributed by atoms with van der Waals surface area (Å²) < 4.78 is 0. The summed E-state index contributed by atoms with van der Waals surface area (Å²) in [5.74, 6) is 1.40. The van der Waals surface area contributed by atoms with E-state index in [1.807, 2.05) is 18.2 Å². The molecule has 0 bridgehead atoms. The van der Waals surface area contributed by atoms with E-state index in [2.05, 4.69) is 34.6 Å². The van der Waals surface area contributed by atoms with Gasteiger partial charge in [0.25, 0.3) is 0 Å². The lowest BCUT2D eigenvalue weighted by molar-refractivity contribution is -0.121. The lowest BCUT2D eigenvalue weighted by Gasteiger charge is -2.11. The molecule has 1 aromatic heterocycles. The predicted octanol–water partition coefficient (Wildman–Crippen LogP) is 3.41. The molecular weight excluding hydrogens is 292 g/mol. The maximum Gasteiger partial charge on any atom is 0.220 e. The van der Waals surface area contributed by atoms with E-state index in [0.29, 0.717) is 18.9 Å². The molecule has 1 aliphatic carbocycles.